The molecule has 164 valence electrons. The summed E-state index contributed by atoms with van der Waals surface area (Å²) in [6.45, 7) is 7.18. The summed E-state index contributed by atoms with van der Waals surface area (Å²) in [7, 11) is 0. The minimum atomic E-state index is -0.209. The Bertz CT molecular complexity index is 1140. The molecule has 3 aromatic rings. The number of nitrogens with zero attached hydrogens (tertiary/aromatic N) is 4. The molecule has 1 atom stereocenters. The number of aryl methyl sites for hydroxylation is 1. The highest BCUT2D eigenvalue weighted by Crippen LogP contribution is 2.33. The Hall–Kier alpha value is -2.65. The van der Waals surface area contributed by atoms with Gasteiger partial charge in [0.15, 0.2) is 10.8 Å². The van der Waals surface area contributed by atoms with E-state index in [4.69, 9.17) is 9.72 Å². The number of amides is 1. The molecule has 9 heteroatoms. The molecule has 0 saturated heterocycles. The lowest BCUT2D eigenvalue weighted by atomic mass is 10.2. The molecular formula is C22H27N5O3S. The summed E-state index contributed by atoms with van der Waals surface area (Å²) in [6.07, 6.45) is 2.77. The van der Waals surface area contributed by atoms with E-state index in [0.717, 1.165) is 17.7 Å². The molecule has 0 fully saturated rings. The molecule has 0 bridgehead atoms. The van der Waals surface area contributed by atoms with Crippen molar-refractivity contribution in [3.05, 3.63) is 46.4 Å². The van der Waals surface area contributed by atoms with Gasteiger partial charge in [-0.2, -0.15) is 5.10 Å². The number of hydrogen-bond donors (Lipinski definition) is 1. The predicted octanol–water partition coefficient (Wildman–Crippen LogP) is 2.86. The van der Waals surface area contributed by atoms with Crippen molar-refractivity contribution in [2.45, 2.75) is 50.9 Å². The third-order valence-electron chi connectivity index (χ3n) is 5.16. The van der Waals surface area contributed by atoms with Gasteiger partial charge in [0.05, 0.1) is 24.0 Å². The Balaban J connectivity index is 1.49. The second-order valence-electron chi connectivity index (χ2n) is 7.99. The summed E-state index contributed by atoms with van der Waals surface area (Å²) in [4.78, 5) is 30.3. The monoisotopic (exact) mass is 441 g/mol. The Kier molecular flexibility index (Phi) is 6.43. The van der Waals surface area contributed by atoms with Crippen LogP contribution in [0.5, 0.6) is 0 Å². The fourth-order valence-corrected chi connectivity index (χ4v) is 4.69. The molecule has 1 amide bonds. The van der Waals surface area contributed by atoms with Crippen molar-refractivity contribution in [2.24, 2.45) is 0 Å². The number of thioether (sulfide) groups is 1. The molecule has 0 radical (unpaired) electrons. The summed E-state index contributed by atoms with van der Waals surface area (Å²) >= 11 is 1.50. The van der Waals surface area contributed by atoms with Crippen LogP contribution >= 0.6 is 11.8 Å². The number of nitrogens with one attached hydrogen (secondary N) is 1. The highest BCUT2D eigenvalue weighted by Gasteiger charge is 2.29. The van der Waals surface area contributed by atoms with Crippen LogP contribution in [0.2, 0.25) is 0 Å². The topological polar surface area (TPSA) is 91.0 Å². The van der Waals surface area contributed by atoms with E-state index in [0.29, 0.717) is 35.1 Å². The summed E-state index contributed by atoms with van der Waals surface area (Å²) in [5.74, 6) is 0.585. The van der Waals surface area contributed by atoms with Crippen molar-refractivity contribution in [1.82, 2.24) is 24.6 Å². The van der Waals surface area contributed by atoms with Gasteiger partial charge in [-0.1, -0.05) is 29.5 Å². The summed E-state index contributed by atoms with van der Waals surface area (Å²) in [6, 6.07) is 7.71. The molecule has 4 rings (SSSR count). The Labute approximate surface area is 185 Å². The minimum Gasteiger partial charge on any atom is -0.379 e. The van der Waals surface area contributed by atoms with E-state index < -0.39 is 0 Å². The average molecular weight is 442 g/mol. The number of fused-ring (bicyclic) bond motifs is 2. The third-order valence-corrected chi connectivity index (χ3v) is 6.26. The standard InChI is InChI=1S/C22H27N5O3S/c1-14(2)30-10-4-9-23-19(28)11-17-13-31-22-25-20-18(21(29)26(17)22)12-24-27(20)16-7-5-15(3)6-8-16/h5-8,12,14,17H,4,9-11,13H2,1-3H3,(H,23,28). The lowest BCUT2D eigenvalue weighted by Crippen LogP contribution is -2.31. The lowest BCUT2D eigenvalue weighted by molar-refractivity contribution is -0.121. The van der Waals surface area contributed by atoms with Crippen LogP contribution in [0.1, 0.15) is 38.3 Å². The zero-order valence-electron chi connectivity index (χ0n) is 18.0. The van der Waals surface area contributed by atoms with Crippen LogP contribution in [-0.4, -0.2) is 50.2 Å². The molecule has 1 aromatic carbocycles. The maximum Gasteiger partial charge on any atom is 0.265 e. The van der Waals surface area contributed by atoms with E-state index >= 15 is 0 Å². The quantitative estimate of drug-likeness (QED) is 0.427. The number of aromatic nitrogens is 4. The molecule has 8 nitrogen and oxygen atoms in total. The molecule has 0 spiro atoms. The SMILES string of the molecule is Cc1ccc(-n2ncc3c(=O)n4c(nc32)SCC4CC(=O)NCCCOC(C)C)cc1. The van der Waals surface area contributed by atoms with E-state index in [2.05, 4.69) is 10.4 Å². The molecule has 1 aliphatic rings. The first-order chi connectivity index (χ1) is 14.9. The van der Waals surface area contributed by atoms with Gasteiger partial charge in [0, 0.05) is 25.3 Å². The molecule has 0 aliphatic carbocycles. The molecule has 1 N–H and O–H groups in total. The van der Waals surface area contributed by atoms with Crippen molar-refractivity contribution in [3.8, 4) is 5.69 Å². The van der Waals surface area contributed by atoms with E-state index in [1.165, 1.54) is 11.8 Å². The first-order valence-corrected chi connectivity index (χ1v) is 11.5. The Morgan fingerprint density at radius 1 is 1.32 bits per heavy atom. The summed E-state index contributed by atoms with van der Waals surface area (Å²) in [5, 5.41) is 8.41. The van der Waals surface area contributed by atoms with Gasteiger partial charge in [-0.05, 0) is 39.3 Å². The molecular weight excluding hydrogens is 414 g/mol. The van der Waals surface area contributed by atoms with E-state index in [9.17, 15) is 9.59 Å². The van der Waals surface area contributed by atoms with E-state index in [-0.39, 0.29) is 30.0 Å². The maximum atomic E-state index is 13.2. The maximum absolute atomic E-state index is 13.2. The van der Waals surface area contributed by atoms with Crippen LogP contribution in [0.15, 0.2) is 40.4 Å². The molecule has 3 heterocycles. The van der Waals surface area contributed by atoms with Gasteiger partial charge in [-0.15, -0.1) is 0 Å². The van der Waals surface area contributed by atoms with Gasteiger partial charge in [0.2, 0.25) is 5.91 Å². The van der Waals surface area contributed by atoms with Gasteiger partial charge in [0.25, 0.3) is 5.56 Å². The normalized spacial score (nSPS) is 15.5. The molecule has 2 aromatic heterocycles. The van der Waals surface area contributed by atoms with Crippen LogP contribution in [0.3, 0.4) is 0 Å². The third kappa shape index (κ3) is 4.67. The van der Waals surface area contributed by atoms with E-state index in [1.54, 1.807) is 15.4 Å². The van der Waals surface area contributed by atoms with Crippen molar-refractivity contribution in [2.75, 3.05) is 18.9 Å². The van der Waals surface area contributed by atoms with Gasteiger partial charge >= 0.3 is 0 Å². The van der Waals surface area contributed by atoms with Gasteiger partial charge in [0.1, 0.15) is 5.39 Å². The van der Waals surface area contributed by atoms with Crippen molar-refractivity contribution in [1.29, 1.82) is 0 Å². The number of benzene rings is 1. The second-order valence-corrected chi connectivity index (χ2v) is 8.98. The first-order valence-electron chi connectivity index (χ1n) is 10.5. The van der Waals surface area contributed by atoms with Crippen LogP contribution in [0.25, 0.3) is 16.7 Å². The van der Waals surface area contributed by atoms with Crippen LogP contribution in [-0.2, 0) is 9.53 Å². The largest absolute Gasteiger partial charge is 0.379 e. The van der Waals surface area contributed by atoms with Crippen molar-refractivity contribution in [3.63, 3.8) is 0 Å². The molecule has 1 aliphatic heterocycles. The zero-order valence-corrected chi connectivity index (χ0v) is 18.8. The average Bonchev–Trinajstić information content (AvgIpc) is 3.33. The fourth-order valence-electron chi connectivity index (χ4n) is 3.56. The Morgan fingerprint density at radius 3 is 2.84 bits per heavy atom. The molecule has 0 saturated carbocycles. The Morgan fingerprint density at radius 2 is 2.10 bits per heavy atom. The minimum absolute atomic E-state index is 0.0645. The smallest absolute Gasteiger partial charge is 0.265 e. The summed E-state index contributed by atoms with van der Waals surface area (Å²) < 4.78 is 8.82. The number of hydrogen-bond acceptors (Lipinski definition) is 6. The van der Waals surface area contributed by atoms with Crippen molar-refractivity contribution < 1.29 is 9.53 Å². The van der Waals surface area contributed by atoms with Gasteiger partial charge in [-0.3, -0.25) is 14.2 Å². The van der Waals surface area contributed by atoms with Crippen LogP contribution in [0.4, 0.5) is 0 Å². The van der Waals surface area contributed by atoms with Crippen LogP contribution in [0, 0.1) is 6.92 Å². The van der Waals surface area contributed by atoms with Gasteiger partial charge < -0.3 is 10.1 Å². The zero-order chi connectivity index (χ0) is 22.0. The number of rotatable bonds is 8. The lowest BCUT2D eigenvalue weighted by Gasteiger charge is -2.14. The second kappa shape index (κ2) is 9.23. The fraction of sp³-hybridized carbons (Fsp3) is 0.455. The molecule has 1 unspecified atom stereocenters. The number of ether oxygens (including phenoxy) is 1. The highest BCUT2D eigenvalue weighted by molar-refractivity contribution is 7.99. The van der Waals surface area contributed by atoms with Gasteiger partial charge in [-0.25, -0.2) is 9.67 Å². The number of carbonyl (C=O) groups is 1. The highest BCUT2D eigenvalue weighted by atomic mass is 32.2. The predicted molar refractivity (Wildman–Crippen MR) is 121 cm³/mol. The van der Waals surface area contributed by atoms with Crippen LogP contribution < -0.4 is 10.9 Å². The number of carbonyl (C=O) groups excluding carboxylic acids is 1. The summed E-state index contributed by atoms with van der Waals surface area (Å²) in [5.41, 5.74) is 2.41. The van der Waals surface area contributed by atoms with Crippen molar-refractivity contribution >= 4 is 28.7 Å². The van der Waals surface area contributed by atoms with E-state index in [1.807, 2.05) is 45.0 Å². The molecule has 31 heavy (non-hydrogen) atoms. The first kappa shape index (κ1) is 21.6.